The van der Waals surface area contributed by atoms with E-state index in [9.17, 15) is 0 Å². The fourth-order valence-corrected chi connectivity index (χ4v) is 4.16. The molecular formula is C13H15BrIN3S. The van der Waals surface area contributed by atoms with Gasteiger partial charge >= 0.3 is 0 Å². The van der Waals surface area contributed by atoms with Crippen LogP contribution in [0.4, 0.5) is 5.82 Å². The Kier molecular flexibility index (Phi) is 4.23. The van der Waals surface area contributed by atoms with E-state index in [1.807, 2.05) is 6.07 Å². The minimum atomic E-state index is -0.0497. The average molecular weight is 452 g/mol. The number of nitrogens with two attached hydrogens (primary N) is 1. The Morgan fingerprint density at radius 1 is 1.32 bits per heavy atom. The van der Waals surface area contributed by atoms with Crippen molar-refractivity contribution in [3.63, 3.8) is 0 Å². The van der Waals surface area contributed by atoms with Gasteiger partial charge < -0.3 is 5.73 Å². The molecule has 2 heterocycles. The third kappa shape index (κ3) is 3.11. The fourth-order valence-electron chi connectivity index (χ4n) is 1.64. The van der Waals surface area contributed by atoms with Gasteiger partial charge in [-0.1, -0.05) is 20.8 Å². The highest BCUT2D eigenvalue weighted by Crippen LogP contribution is 2.35. The number of halogens is 2. The lowest BCUT2D eigenvalue weighted by Crippen LogP contribution is -2.18. The van der Waals surface area contributed by atoms with E-state index in [-0.39, 0.29) is 5.41 Å². The molecule has 0 atom stereocenters. The van der Waals surface area contributed by atoms with Gasteiger partial charge in [0.15, 0.2) is 5.82 Å². The van der Waals surface area contributed by atoms with Gasteiger partial charge in [-0.25, -0.2) is 9.97 Å². The van der Waals surface area contributed by atoms with Crippen molar-refractivity contribution in [2.45, 2.75) is 33.1 Å². The van der Waals surface area contributed by atoms with Crippen molar-refractivity contribution in [3.05, 3.63) is 24.7 Å². The van der Waals surface area contributed by atoms with E-state index in [2.05, 4.69) is 71.2 Å². The predicted molar refractivity (Wildman–Crippen MR) is 93.6 cm³/mol. The van der Waals surface area contributed by atoms with Crippen LogP contribution in [-0.4, -0.2) is 9.97 Å². The first kappa shape index (κ1) is 15.2. The molecule has 0 saturated carbocycles. The molecule has 0 aliphatic carbocycles. The Morgan fingerprint density at radius 3 is 2.42 bits per heavy atom. The Hall–Kier alpha value is -0.210. The van der Waals surface area contributed by atoms with Crippen molar-refractivity contribution in [3.8, 4) is 10.7 Å². The lowest BCUT2D eigenvalue weighted by molar-refractivity contribution is 0.564. The molecule has 3 nitrogen and oxygen atoms in total. The largest absolute Gasteiger partial charge is 0.383 e. The summed E-state index contributed by atoms with van der Waals surface area (Å²) in [5, 5.41) is 0. The highest BCUT2D eigenvalue weighted by molar-refractivity contribution is 14.1. The molecule has 2 aromatic heterocycles. The minimum absolute atomic E-state index is 0.0497. The van der Waals surface area contributed by atoms with Crippen LogP contribution in [0.15, 0.2) is 10.5 Å². The second-order valence-corrected chi connectivity index (χ2v) is 8.55. The maximum absolute atomic E-state index is 6.03. The topological polar surface area (TPSA) is 51.8 Å². The molecule has 0 aromatic carbocycles. The second kappa shape index (κ2) is 5.29. The number of aromatic nitrogens is 2. The van der Waals surface area contributed by atoms with E-state index in [1.54, 1.807) is 11.3 Å². The summed E-state index contributed by atoms with van der Waals surface area (Å²) < 4.78 is 2.03. The first-order chi connectivity index (χ1) is 8.70. The molecule has 2 rings (SSSR count). The molecule has 0 fully saturated rings. The zero-order chi connectivity index (χ0) is 14.4. The standard InChI is InChI=1S/C13H15BrIN3S/c1-6-7(14)5-8(19-6)12-17-10(13(2,3)4)9(15)11(16)18-12/h5H,1-4H3,(H2,16,17,18). The molecule has 0 amide bonds. The summed E-state index contributed by atoms with van der Waals surface area (Å²) in [5.41, 5.74) is 6.98. The third-order valence-electron chi connectivity index (χ3n) is 2.66. The molecule has 0 aliphatic heterocycles. The normalized spacial score (nSPS) is 11.9. The molecule has 0 spiro atoms. The molecule has 0 radical (unpaired) electrons. The van der Waals surface area contributed by atoms with E-state index < -0.39 is 0 Å². The zero-order valence-corrected chi connectivity index (χ0v) is 15.8. The molecule has 0 bridgehead atoms. The number of hydrogen-bond acceptors (Lipinski definition) is 4. The maximum atomic E-state index is 6.03. The van der Waals surface area contributed by atoms with Crippen LogP contribution in [0.2, 0.25) is 0 Å². The summed E-state index contributed by atoms with van der Waals surface area (Å²) in [6.45, 7) is 8.47. The zero-order valence-electron chi connectivity index (χ0n) is 11.2. The van der Waals surface area contributed by atoms with E-state index in [4.69, 9.17) is 10.7 Å². The molecular weight excluding hydrogens is 437 g/mol. The van der Waals surface area contributed by atoms with Crippen LogP contribution in [0, 0.1) is 10.5 Å². The number of anilines is 1. The molecule has 102 valence electrons. The van der Waals surface area contributed by atoms with Crippen molar-refractivity contribution in [2.75, 3.05) is 5.73 Å². The number of aryl methyl sites for hydroxylation is 1. The van der Waals surface area contributed by atoms with Gasteiger partial charge in [0.05, 0.1) is 14.1 Å². The van der Waals surface area contributed by atoms with Gasteiger partial charge in [-0.05, 0) is 51.5 Å². The van der Waals surface area contributed by atoms with Gasteiger partial charge in [0.2, 0.25) is 0 Å². The van der Waals surface area contributed by atoms with Crippen molar-refractivity contribution >= 4 is 55.7 Å². The van der Waals surface area contributed by atoms with Crippen LogP contribution in [0.1, 0.15) is 31.3 Å². The monoisotopic (exact) mass is 451 g/mol. The number of nitrogen functional groups attached to an aromatic ring is 1. The highest BCUT2D eigenvalue weighted by atomic mass is 127. The van der Waals surface area contributed by atoms with Crippen molar-refractivity contribution in [1.82, 2.24) is 9.97 Å². The van der Waals surface area contributed by atoms with Crippen LogP contribution in [0.5, 0.6) is 0 Å². The predicted octanol–water partition coefficient (Wildman–Crippen LogP) is 4.76. The minimum Gasteiger partial charge on any atom is -0.383 e. The van der Waals surface area contributed by atoms with E-state index in [1.165, 1.54) is 4.88 Å². The summed E-state index contributed by atoms with van der Waals surface area (Å²) in [6, 6.07) is 2.05. The summed E-state index contributed by atoms with van der Waals surface area (Å²) in [6.07, 6.45) is 0. The quantitative estimate of drug-likeness (QED) is 0.636. The molecule has 19 heavy (non-hydrogen) atoms. The smallest absolute Gasteiger partial charge is 0.171 e. The number of nitrogens with zero attached hydrogens (tertiary/aromatic N) is 2. The van der Waals surface area contributed by atoms with Crippen molar-refractivity contribution in [2.24, 2.45) is 0 Å². The summed E-state index contributed by atoms with van der Waals surface area (Å²) in [5.74, 6) is 1.26. The summed E-state index contributed by atoms with van der Waals surface area (Å²) >= 11 is 7.42. The van der Waals surface area contributed by atoms with Gasteiger partial charge in [-0.3, -0.25) is 0 Å². The highest BCUT2D eigenvalue weighted by Gasteiger charge is 2.23. The van der Waals surface area contributed by atoms with Gasteiger partial charge in [-0.15, -0.1) is 11.3 Å². The van der Waals surface area contributed by atoms with Crippen LogP contribution >= 0.6 is 49.9 Å². The number of thiophene rings is 1. The molecule has 6 heteroatoms. The first-order valence-electron chi connectivity index (χ1n) is 5.80. The molecule has 0 unspecified atom stereocenters. The van der Waals surface area contributed by atoms with Gasteiger partial charge in [-0.2, -0.15) is 0 Å². The molecule has 2 N–H and O–H groups in total. The number of rotatable bonds is 1. The SMILES string of the molecule is Cc1sc(-c2nc(N)c(I)c(C(C)(C)C)n2)cc1Br. The van der Waals surface area contributed by atoms with Crippen LogP contribution in [-0.2, 0) is 5.41 Å². The maximum Gasteiger partial charge on any atom is 0.171 e. The average Bonchev–Trinajstić information content (AvgIpc) is 2.61. The van der Waals surface area contributed by atoms with Crippen LogP contribution in [0.3, 0.4) is 0 Å². The third-order valence-corrected chi connectivity index (χ3v) is 5.86. The van der Waals surface area contributed by atoms with Gasteiger partial charge in [0.25, 0.3) is 0 Å². The van der Waals surface area contributed by atoms with E-state index >= 15 is 0 Å². The molecule has 0 aliphatic rings. The molecule has 0 saturated heterocycles. The van der Waals surface area contributed by atoms with Crippen molar-refractivity contribution < 1.29 is 0 Å². The van der Waals surface area contributed by atoms with Gasteiger partial charge in [0, 0.05) is 14.8 Å². The fraction of sp³-hybridized carbons (Fsp3) is 0.385. The summed E-state index contributed by atoms with van der Waals surface area (Å²) in [4.78, 5) is 11.4. The Bertz CT molecular complexity index is 612. The lowest BCUT2D eigenvalue weighted by atomic mass is 9.92. The van der Waals surface area contributed by atoms with Crippen molar-refractivity contribution in [1.29, 1.82) is 0 Å². The Labute approximate surface area is 139 Å². The van der Waals surface area contributed by atoms with Crippen LogP contribution < -0.4 is 5.73 Å². The molecule has 2 aromatic rings. The first-order valence-corrected chi connectivity index (χ1v) is 8.48. The van der Waals surface area contributed by atoms with E-state index in [0.29, 0.717) is 11.6 Å². The van der Waals surface area contributed by atoms with Gasteiger partial charge in [0.1, 0.15) is 5.82 Å². The second-order valence-electron chi connectivity index (χ2n) is 5.36. The lowest BCUT2D eigenvalue weighted by Gasteiger charge is -2.20. The van der Waals surface area contributed by atoms with Crippen LogP contribution in [0.25, 0.3) is 10.7 Å². The Balaban J connectivity index is 2.63. The Morgan fingerprint density at radius 2 is 1.95 bits per heavy atom. The number of hydrogen-bond donors (Lipinski definition) is 1. The summed E-state index contributed by atoms with van der Waals surface area (Å²) in [7, 11) is 0. The van der Waals surface area contributed by atoms with E-state index in [0.717, 1.165) is 18.6 Å².